The minimum atomic E-state index is 0.104. The predicted molar refractivity (Wildman–Crippen MR) is 121 cm³/mol. The number of aromatic hydroxyl groups is 1. The van der Waals surface area contributed by atoms with Crippen LogP contribution in [0, 0.1) is 0 Å². The lowest BCUT2D eigenvalue weighted by Crippen LogP contribution is -2.46. The fourth-order valence-electron chi connectivity index (χ4n) is 3.84. The van der Waals surface area contributed by atoms with Crippen LogP contribution in [0.15, 0.2) is 24.7 Å². The van der Waals surface area contributed by atoms with Gasteiger partial charge in [-0.05, 0) is 32.9 Å². The Kier molecular flexibility index (Phi) is 4.92. The second kappa shape index (κ2) is 7.60. The first kappa shape index (κ1) is 19.4. The van der Waals surface area contributed by atoms with Crippen molar-refractivity contribution in [2.75, 3.05) is 25.5 Å². The zero-order chi connectivity index (χ0) is 20.8. The highest BCUT2D eigenvalue weighted by atomic mass is 32.1. The van der Waals surface area contributed by atoms with Crippen LogP contribution in [0.25, 0.3) is 31.5 Å². The lowest BCUT2D eigenvalue weighted by molar-refractivity contribution is 0.181. The van der Waals surface area contributed by atoms with E-state index in [0.717, 1.165) is 45.3 Å². The van der Waals surface area contributed by atoms with E-state index in [1.807, 2.05) is 0 Å². The van der Waals surface area contributed by atoms with Crippen LogP contribution in [0.3, 0.4) is 0 Å². The van der Waals surface area contributed by atoms with Crippen molar-refractivity contribution in [1.29, 1.82) is 0 Å². The molecule has 2 atom stereocenters. The Balaban J connectivity index is 1.39. The number of aromatic nitrogens is 5. The summed E-state index contributed by atoms with van der Waals surface area (Å²) >= 11 is 3.07. The number of nitrogens with zero attached hydrogens (tertiary/aromatic N) is 6. The van der Waals surface area contributed by atoms with Gasteiger partial charge in [0.1, 0.15) is 16.5 Å². The molecule has 1 fully saturated rings. The first-order valence-corrected chi connectivity index (χ1v) is 11.5. The lowest BCUT2D eigenvalue weighted by atomic mass is 9.98. The van der Waals surface area contributed by atoms with E-state index >= 15 is 0 Å². The number of pyridine rings is 1. The molecule has 30 heavy (non-hydrogen) atoms. The molecule has 8 nitrogen and oxygen atoms in total. The average molecular weight is 442 g/mol. The molecule has 1 saturated heterocycles. The van der Waals surface area contributed by atoms with Crippen LogP contribution in [0.5, 0.6) is 5.75 Å². The minimum absolute atomic E-state index is 0.104. The molecule has 2 unspecified atom stereocenters. The molecule has 0 aromatic carbocycles. The molecule has 0 aliphatic carbocycles. The Bertz CT molecular complexity index is 1140. The number of piperidine rings is 1. The fraction of sp³-hybridized carbons (Fsp3) is 0.400. The normalized spacial score (nSPS) is 20.1. The van der Waals surface area contributed by atoms with Gasteiger partial charge in [-0.25, -0.2) is 15.0 Å². The monoisotopic (exact) mass is 441 g/mol. The van der Waals surface area contributed by atoms with Gasteiger partial charge in [0.2, 0.25) is 0 Å². The number of thiazole rings is 2. The summed E-state index contributed by atoms with van der Waals surface area (Å²) in [5.74, 6) is 0.104. The van der Waals surface area contributed by atoms with Crippen molar-refractivity contribution in [2.24, 2.45) is 0 Å². The second-order valence-corrected chi connectivity index (χ2v) is 9.76. The van der Waals surface area contributed by atoms with Gasteiger partial charge in [-0.3, -0.25) is 5.10 Å². The van der Waals surface area contributed by atoms with Gasteiger partial charge in [0, 0.05) is 49.2 Å². The van der Waals surface area contributed by atoms with Crippen molar-refractivity contribution in [3.05, 3.63) is 24.7 Å². The Morgan fingerprint density at radius 2 is 2.03 bits per heavy atom. The summed E-state index contributed by atoms with van der Waals surface area (Å²) in [5.41, 5.74) is 2.16. The van der Waals surface area contributed by atoms with Crippen molar-refractivity contribution in [3.63, 3.8) is 0 Å². The molecule has 1 aliphatic rings. The molecule has 5 rings (SSSR count). The van der Waals surface area contributed by atoms with E-state index in [1.165, 1.54) is 11.3 Å². The number of likely N-dealkylation sites (tertiary alicyclic amines) is 1. The molecule has 0 radical (unpaired) electrons. The third-order valence-corrected chi connectivity index (χ3v) is 8.02. The highest BCUT2D eigenvalue weighted by Gasteiger charge is 2.28. The first-order chi connectivity index (χ1) is 14.5. The highest BCUT2D eigenvalue weighted by Crippen LogP contribution is 2.39. The van der Waals surface area contributed by atoms with Crippen molar-refractivity contribution in [2.45, 2.75) is 31.8 Å². The van der Waals surface area contributed by atoms with Gasteiger partial charge in [-0.2, -0.15) is 5.10 Å². The van der Waals surface area contributed by atoms with Gasteiger partial charge in [-0.1, -0.05) is 22.7 Å². The van der Waals surface area contributed by atoms with Crippen molar-refractivity contribution in [1.82, 2.24) is 30.0 Å². The van der Waals surface area contributed by atoms with Gasteiger partial charge in [-0.15, -0.1) is 0 Å². The predicted octanol–water partition coefficient (Wildman–Crippen LogP) is 3.83. The Morgan fingerprint density at radius 3 is 2.73 bits per heavy atom. The number of aromatic amines is 1. The molecule has 0 spiro atoms. The number of rotatable bonds is 4. The van der Waals surface area contributed by atoms with E-state index in [9.17, 15) is 5.11 Å². The number of fused-ring (bicyclic) bond motifs is 1. The van der Waals surface area contributed by atoms with E-state index < -0.39 is 0 Å². The Hall–Kier alpha value is -2.56. The summed E-state index contributed by atoms with van der Waals surface area (Å²) in [7, 11) is 4.32. The van der Waals surface area contributed by atoms with Crippen LogP contribution in [-0.2, 0) is 0 Å². The van der Waals surface area contributed by atoms with Crippen LogP contribution in [0.2, 0.25) is 0 Å². The summed E-state index contributed by atoms with van der Waals surface area (Å²) in [5, 5.41) is 18.9. The van der Waals surface area contributed by atoms with Gasteiger partial charge >= 0.3 is 0 Å². The second-order valence-electron chi connectivity index (χ2n) is 7.82. The van der Waals surface area contributed by atoms with Gasteiger partial charge in [0.15, 0.2) is 14.8 Å². The molecule has 0 amide bonds. The molecule has 2 N–H and O–H groups in total. The molecule has 1 aliphatic heterocycles. The van der Waals surface area contributed by atoms with E-state index in [1.54, 1.807) is 36.0 Å². The van der Waals surface area contributed by atoms with Gasteiger partial charge < -0.3 is 14.9 Å². The Morgan fingerprint density at radius 1 is 1.20 bits per heavy atom. The van der Waals surface area contributed by atoms with Crippen LogP contribution in [0.1, 0.15) is 19.8 Å². The van der Waals surface area contributed by atoms with Crippen LogP contribution >= 0.6 is 22.7 Å². The van der Waals surface area contributed by atoms with Gasteiger partial charge in [0.05, 0.1) is 6.20 Å². The summed E-state index contributed by atoms with van der Waals surface area (Å²) < 4.78 is 0. The van der Waals surface area contributed by atoms with Crippen LogP contribution in [-0.4, -0.2) is 67.9 Å². The van der Waals surface area contributed by atoms with Crippen molar-refractivity contribution >= 4 is 37.5 Å². The van der Waals surface area contributed by atoms with Crippen molar-refractivity contribution < 1.29 is 5.11 Å². The topological polar surface area (TPSA) is 94.1 Å². The zero-order valence-electron chi connectivity index (χ0n) is 17.0. The smallest absolute Gasteiger partial charge is 0.188 e. The summed E-state index contributed by atoms with van der Waals surface area (Å²) in [6, 6.07) is 2.77. The maximum absolute atomic E-state index is 10.5. The van der Waals surface area contributed by atoms with E-state index in [0.29, 0.717) is 22.8 Å². The zero-order valence-corrected chi connectivity index (χ0v) is 18.7. The molecule has 5 heterocycles. The van der Waals surface area contributed by atoms with E-state index in [4.69, 9.17) is 9.97 Å². The largest absolute Gasteiger partial charge is 0.506 e. The molecule has 0 bridgehead atoms. The number of nitrogens with one attached hydrogen (secondary N) is 1. The molecule has 156 valence electrons. The molecule has 4 aromatic rings. The summed E-state index contributed by atoms with van der Waals surface area (Å²) in [4.78, 5) is 20.5. The SMILES string of the molecule is CC1CC(N(C)c2nc3sc(-c4ncc(-c5cn[nH]c5)cc4O)nc3s2)CCN1C. The number of hydrogen-bond donors (Lipinski definition) is 2. The number of anilines is 1. The lowest BCUT2D eigenvalue weighted by Gasteiger charge is -2.39. The Labute approximate surface area is 182 Å². The average Bonchev–Trinajstić information content (AvgIpc) is 3.46. The first-order valence-electron chi connectivity index (χ1n) is 9.88. The summed E-state index contributed by atoms with van der Waals surface area (Å²) in [6.07, 6.45) is 7.47. The molecule has 0 saturated carbocycles. The number of H-pyrrole nitrogens is 1. The molecular formula is C20H23N7OS2. The highest BCUT2D eigenvalue weighted by molar-refractivity contribution is 7.29. The maximum atomic E-state index is 10.5. The maximum Gasteiger partial charge on any atom is 0.188 e. The fourth-order valence-corrected chi connectivity index (χ4v) is 5.92. The van der Waals surface area contributed by atoms with E-state index in [-0.39, 0.29) is 5.75 Å². The standard InChI is InChI=1S/C20H23N7OS2/c1-11-6-14(4-5-26(11)2)27(3)20-25-19-18(30-20)24-17(29-19)16-15(28)7-12(8-21-16)13-9-22-23-10-13/h7-11,14,28H,4-6H2,1-3H3,(H,22,23). The molecule has 4 aromatic heterocycles. The van der Waals surface area contributed by atoms with E-state index in [2.05, 4.69) is 46.0 Å². The molecule has 10 heteroatoms. The van der Waals surface area contributed by atoms with Crippen LogP contribution in [0.4, 0.5) is 5.13 Å². The third kappa shape index (κ3) is 3.44. The number of hydrogen-bond acceptors (Lipinski definition) is 9. The van der Waals surface area contributed by atoms with Crippen LogP contribution < -0.4 is 4.90 Å². The quantitative estimate of drug-likeness (QED) is 0.497. The third-order valence-electron chi connectivity index (χ3n) is 5.90. The molecular weight excluding hydrogens is 418 g/mol. The van der Waals surface area contributed by atoms with Gasteiger partial charge in [0.25, 0.3) is 0 Å². The summed E-state index contributed by atoms with van der Waals surface area (Å²) in [6.45, 7) is 3.39. The van der Waals surface area contributed by atoms with Crippen molar-refractivity contribution in [3.8, 4) is 27.6 Å². The minimum Gasteiger partial charge on any atom is -0.506 e.